The lowest BCUT2D eigenvalue weighted by Crippen LogP contribution is -2.39. The molecule has 1 aliphatic heterocycles. The van der Waals surface area contributed by atoms with Crippen LogP contribution >= 0.6 is 0 Å². The second kappa shape index (κ2) is 14.8. The highest BCUT2D eigenvalue weighted by Gasteiger charge is 2.33. The van der Waals surface area contributed by atoms with Crippen molar-refractivity contribution in [2.45, 2.75) is 44.2 Å². The number of benzene rings is 4. The molecule has 47 heavy (non-hydrogen) atoms. The van der Waals surface area contributed by atoms with Crippen molar-refractivity contribution in [2.24, 2.45) is 0 Å². The molecule has 0 aliphatic carbocycles. The molecule has 1 amide bonds. The number of hydrogen-bond acceptors (Lipinski definition) is 9. The average molecular weight is 635 g/mol. The molecule has 0 spiro atoms. The third-order valence-corrected chi connectivity index (χ3v) is 8.26. The monoisotopic (exact) mass is 634 g/mol. The Morgan fingerprint density at radius 1 is 0.936 bits per heavy atom. The zero-order valence-corrected chi connectivity index (χ0v) is 26.1. The molecule has 0 radical (unpaired) electrons. The summed E-state index contributed by atoms with van der Waals surface area (Å²) in [5.41, 5.74) is 5.85. The summed E-state index contributed by atoms with van der Waals surface area (Å²) in [6.45, 7) is 1.18. The second-order valence-corrected chi connectivity index (χ2v) is 11.9. The summed E-state index contributed by atoms with van der Waals surface area (Å²) >= 11 is 0. The number of para-hydroxylation sites is 2. The Morgan fingerprint density at radius 3 is 2.40 bits per heavy atom. The quantitative estimate of drug-likeness (QED) is 0.159. The Labute approximate surface area is 273 Å². The number of rotatable bonds is 11. The van der Waals surface area contributed by atoms with E-state index in [9.17, 15) is 20.1 Å². The van der Waals surface area contributed by atoms with Gasteiger partial charge in [0, 0.05) is 31.6 Å². The molecule has 4 N–H and O–H groups in total. The number of aromatic hydroxyl groups is 1. The number of aromatic nitrogens is 2. The molecule has 10 nitrogen and oxygen atoms in total. The summed E-state index contributed by atoms with van der Waals surface area (Å²) in [4.78, 5) is 23.5. The normalized spacial score (nSPS) is 18.7. The fourth-order valence-electron chi connectivity index (χ4n) is 5.72. The highest BCUT2D eigenvalue weighted by molar-refractivity contribution is 5.93. The van der Waals surface area contributed by atoms with E-state index in [1.807, 2.05) is 84.7 Å². The number of phenolic OH excluding ortho intramolecular Hbond substituents is 1. The average Bonchev–Trinajstić information content (AvgIpc) is 3.10. The van der Waals surface area contributed by atoms with Crippen LogP contribution in [0, 0.1) is 0 Å². The van der Waals surface area contributed by atoms with Gasteiger partial charge in [-0.15, -0.1) is 0 Å². The van der Waals surface area contributed by atoms with Crippen LogP contribution < -0.4 is 5.32 Å². The molecule has 1 saturated heterocycles. The number of nitrogens with zero attached hydrogens (tertiary/aromatic N) is 3. The molecule has 2 heterocycles. The number of ether oxygens (including phenoxy) is 2. The Bertz CT molecular complexity index is 1800. The second-order valence-electron chi connectivity index (χ2n) is 11.9. The molecule has 6 rings (SSSR count). The van der Waals surface area contributed by atoms with Gasteiger partial charge in [0.1, 0.15) is 11.4 Å². The van der Waals surface area contributed by atoms with Crippen LogP contribution in [0.25, 0.3) is 11.0 Å². The molecule has 1 aromatic heterocycles. The van der Waals surface area contributed by atoms with Gasteiger partial charge in [-0.2, -0.15) is 0 Å². The third-order valence-electron chi connectivity index (χ3n) is 8.26. The molecule has 4 aromatic carbocycles. The van der Waals surface area contributed by atoms with Gasteiger partial charge in [-0.05, 0) is 53.6 Å². The molecule has 1 fully saturated rings. The number of fused-ring (bicyclic) bond motifs is 1. The van der Waals surface area contributed by atoms with Gasteiger partial charge in [-0.1, -0.05) is 72.8 Å². The van der Waals surface area contributed by atoms with E-state index in [2.05, 4.69) is 15.3 Å². The number of carbonyl (C=O) groups is 1. The summed E-state index contributed by atoms with van der Waals surface area (Å²) in [7, 11) is 1.93. The molecule has 242 valence electrons. The number of amides is 1. The Morgan fingerprint density at radius 2 is 1.66 bits per heavy atom. The van der Waals surface area contributed by atoms with Crippen LogP contribution in [0.2, 0.25) is 0 Å². The number of likely N-dealkylation sites (N-methyl/N-ethyl adjacent to an activating group) is 1. The van der Waals surface area contributed by atoms with Crippen molar-refractivity contribution in [1.82, 2.24) is 20.2 Å². The van der Waals surface area contributed by atoms with Crippen LogP contribution in [0.4, 0.5) is 0 Å². The number of phenols is 1. The van der Waals surface area contributed by atoms with Gasteiger partial charge in [-0.25, -0.2) is 4.98 Å². The number of carbonyl (C=O) groups excluding carboxylic acids is 1. The molecular weight excluding hydrogens is 596 g/mol. The van der Waals surface area contributed by atoms with Crippen molar-refractivity contribution >= 4 is 16.9 Å². The molecule has 4 atom stereocenters. The standard InChI is InChI=1S/C37H38N4O6/c1-41(22-34(44)28-5-4-6-29(43)17-28)21-30-18-35(26-13-11-25(23-42)12-14-26)47-37(46-30)27-15-9-24(10-16-27)19-39-36(45)33-20-38-31-7-2-3-8-32(31)40-33/h2-17,20,30,34-35,37,42-44H,18-19,21-23H2,1H3,(H,39,45). The minimum absolute atomic E-state index is 0.0328. The largest absolute Gasteiger partial charge is 0.508 e. The fourth-order valence-corrected chi connectivity index (χ4v) is 5.72. The third kappa shape index (κ3) is 8.18. The van der Waals surface area contributed by atoms with Gasteiger partial charge >= 0.3 is 0 Å². The molecule has 0 bridgehead atoms. The lowest BCUT2D eigenvalue weighted by molar-refractivity contribution is -0.252. The van der Waals surface area contributed by atoms with Gasteiger partial charge in [0.25, 0.3) is 5.91 Å². The van der Waals surface area contributed by atoms with E-state index in [0.29, 0.717) is 37.1 Å². The van der Waals surface area contributed by atoms with Crippen molar-refractivity contribution in [1.29, 1.82) is 0 Å². The molecular formula is C37H38N4O6. The van der Waals surface area contributed by atoms with Crippen LogP contribution in [0.5, 0.6) is 5.75 Å². The van der Waals surface area contributed by atoms with E-state index >= 15 is 0 Å². The van der Waals surface area contributed by atoms with Crippen molar-refractivity contribution < 1.29 is 29.6 Å². The summed E-state index contributed by atoms with van der Waals surface area (Å²) in [6.07, 6.45) is 0.206. The molecule has 4 unspecified atom stereocenters. The zero-order valence-electron chi connectivity index (χ0n) is 26.1. The van der Waals surface area contributed by atoms with Crippen LogP contribution in [0.3, 0.4) is 0 Å². The number of aliphatic hydroxyl groups is 2. The maximum atomic E-state index is 12.8. The highest BCUT2D eigenvalue weighted by atomic mass is 16.7. The molecule has 10 heteroatoms. The minimum Gasteiger partial charge on any atom is -0.508 e. The molecule has 5 aromatic rings. The molecule has 0 saturated carbocycles. The van der Waals surface area contributed by atoms with Gasteiger partial charge in [0.15, 0.2) is 6.29 Å². The van der Waals surface area contributed by atoms with Crippen LogP contribution in [-0.2, 0) is 22.6 Å². The van der Waals surface area contributed by atoms with Crippen molar-refractivity contribution in [3.05, 3.63) is 137 Å². The number of hydrogen-bond donors (Lipinski definition) is 4. The van der Waals surface area contributed by atoms with Gasteiger partial charge in [0.05, 0.1) is 42.1 Å². The minimum atomic E-state index is -0.772. The predicted octanol–water partition coefficient (Wildman–Crippen LogP) is 4.97. The van der Waals surface area contributed by atoms with Crippen molar-refractivity contribution in [2.75, 3.05) is 20.1 Å². The number of nitrogens with one attached hydrogen (secondary N) is 1. The first-order valence-corrected chi connectivity index (χ1v) is 15.6. The van der Waals surface area contributed by atoms with E-state index < -0.39 is 12.4 Å². The van der Waals surface area contributed by atoms with Crippen molar-refractivity contribution in [3.8, 4) is 5.75 Å². The maximum Gasteiger partial charge on any atom is 0.271 e. The summed E-state index contributed by atoms with van der Waals surface area (Å²) in [6, 6.07) is 29.5. The van der Waals surface area contributed by atoms with E-state index in [-0.39, 0.29) is 36.2 Å². The maximum absolute atomic E-state index is 12.8. The smallest absolute Gasteiger partial charge is 0.271 e. The van der Waals surface area contributed by atoms with Gasteiger partial charge in [0.2, 0.25) is 0 Å². The van der Waals surface area contributed by atoms with Gasteiger partial charge in [-0.3, -0.25) is 9.78 Å². The Hall–Kier alpha value is -4.71. The lowest BCUT2D eigenvalue weighted by Gasteiger charge is -2.38. The highest BCUT2D eigenvalue weighted by Crippen LogP contribution is 2.38. The number of aliphatic hydroxyl groups excluding tert-OH is 2. The summed E-state index contributed by atoms with van der Waals surface area (Å²) in [5.74, 6) is -0.190. The first-order valence-electron chi connectivity index (χ1n) is 15.6. The van der Waals surface area contributed by atoms with E-state index in [1.54, 1.807) is 24.3 Å². The van der Waals surface area contributed by atoms with E-state index in [4.69, 9.17) is 9.47 Å². The first kappa shape index (κ1) is 32.2. The molecule has 1 aliphatic rings. The predicted molar refractivity (Wildman–Crippen MR) is 176 cm³/mol. The first-order chi connectivity index (χ1) is 22.8. The lowest BCUT2D eigenvalue weighted by atomic mass is 9.99. The van der Waals surface area contributed by atoms with Crippen molar-refractivity contribution in [3.63, 3.8) is 0 Å². The van der Waals surface area contributed by atoms with E-state index in [0.717, 1.165) is 27.8 Å². The fraction of sp³-hybridized carbons (Fsp3) is 0.270. The van der Waals surface area contributed by atoms with Crippen LogP contribution in [-0.4, -0.2) is 62.3 Å². The topological polar surface area (TPSA) is 137 Å². The van der Waals surface area contributed by atoms with E-state index in [1.165, 1.54) is 6.20 Å². The van der Waals surface area contributed by atoms with Gasteiger partial charge < -0.3 is 35.0 Å². The Balaban J connectivity index is 1.12. The summed E-state index contributed by atoms with van der Waals surface area (Å²) in [5, 5.41) is 33.0. The van der Waals surface area contributed by atoms with Crippen LogP contribution in [0.1, 0.15) is 63.2 Å². The zero-order chi connectivity index (χ0) is 32.8. The summed E-state index contributed by atoms with van der Waals surface area (Å²) < 4.78 is 12.9. The SMILES string of the molecule is CN(CC1CC(c2ccc(CO)cc2)OC(c2ccc(CNC(=O)c3cnc4ccccc4n3)cc2)O1)CC(O)c1cccc(O)c1. The Kier molecular flexibility index (Phi) is 10.2. The van der Waals surface area contributed by atoms with Crippen LogP contribution in [0.15, 0.2) is 103 Å².